The number of nitrogens with two attached hydrogens (primary N) is 1. The highest BCUT2D eigenvalue weighted by Gasteiger charge is 2.31. The Bertz CT molecular complexity index is 766. The van der Waals surface area contributed by atoms with Crippen LogP contribution in [0.5, 0.6) is 0 Å². The second-order valence-corrected chi connectivity index (χ2v) is 9.42. The summed E-state index contributed by atoms with van der Waals surface area (Å²) in [6, 6.07) is 16.3. The summed E-state index contributed by atoms with van der Waals surface area (Å²) < 4.78 is 0.147. The monoisotopic (exact) mass is 354 g/mol. The molecule has 0 fully saturated rings. The van der Waals surface area contributed by atoms with Gasteiger partial charge in [-0.3, -0.25) is 9.69 Å². The first kappa shape index (κ1) is 18.0. The predicted octanol–water partition coefficient (Wildman–Crippen LogP) is 4.16. The zero-order valence-corrected chi connectivity index (χ0v) is 16.0. The van der Waals surface area contributed by atoms with Crippen molar-refractivity contribution in [2.45, 2.75) is 49.4 Å². The van der Waals surface area contributed by atoms with Gasteiger partial charge >= 0.3 is 0 Å². The molecule has 0 saturated heterocycles. The number of nitrogens with zero attached hydrogens (tertiary/aromatic N) is 1. The molecule has 3 rings (SSSR count). The average Bonchev–Trinajstić information content (AvgIpc) is 2.54. The van der Waals surface area contributed by atoms with Crippen LogP contribution in [-0.4, -0.2) is 22.1 Å². The average molecular weight is 355 g/mol. The van der Waals surface area contributed by atoms with Crippen molar-refractivity contribution in [3.05, 3.63) is 65.2 Å². The molecule has 132 valence electrons. The fraction of sp³-hybridized carbons (Fsp3) is 0.381. The molecule has 0 radical (unpaired) electrons. The van der Waals surface area contributed by atoms with Crippen molar-refractivity contribution in [2.24, 2.45) is 5.73 Å². The third kappa shape index (κ3) is 4.25. The van der Waals surface area contributed by atoms with Crippen LogP contribution in [0.15, 0.2) is 53.4 Å². The summed E-state index contributed by atoms with van der Waals surface area (Å²) in [5.74, 6) is -0.270. The molecular weight excluding hydrogens is 328 g/mol. The largest absolute Gasteiger partial charge is 0.368 e. The third-order valence-corrected chi connectivity index (χ3v) is 5.65. The third-order valence-electron chi connectivity index (χ3n) is 4.41. The van der Waals surface area contributed by atoms with Crippen LogP contribution in [0.3, 0.4) is 0 Å². The summed E-state index contributed by atoms with van der Waals surface area (Å²) in [6.07, 6.45) is 0.953. The summed E-state index contributed by atoms with van der Waals surface area (Å²) in [7, 11) is 0. The summed E-state index contributed by atoms with van der Waals surface area (Å²) in [5, 5.41) is 0. The van der Waals surface area contributed by atoms with Gasteiger partial charge in [0.2, 0.25) is 5.91 Å². The van der Waals surface area contributed by atoms with E-state index in [1.54, 1.807) is 0 Å². The highest BCUT2D eigenvalue weighted by atomic mass is 32.2. The number of thioether (sulfide) groups is 1. The fourth-order valence-electron chi connectivity index (χ4n) is 3.40. The zero-order chi connectivity index (χ0) is 18.0. The van der Waals surface area contributed by atoms with Crippen molar-refractivity contribution in [2.75, 3.05) is 6.54 Å². The van der Waals surface area contributed by atoms with Crippen molar-refractivity contribution in [3.8, 4) is 0 Å². The van der Waals surface area contributed by atoms with Gasteiger partial charge in [-0.1, -0.05) is 63.2 Å². The van der Waals surface area contributed by atoms with Gasteiger partial charge < -0.3 is 5.73 Å². The minimum absolute atomic E-state index is 0.147. The van der Waals surface area contributed by atoms with Crippen LogP contribution in [0.25, 0.3) is 0 Å². The molecule has 2 aromatic rings. The van der Waals surface area contributed by atoms with Gasteiger partial charge in [0.05, 0.1) is 0 Å². The van der Waals surface area contributed by atoms with E-state index < -0.39 is 0 Å². The van der Waals surface area contributed by atoms with Crippen molar-refractivity contribution in [1.82, 2.24) is 4.90 Å². The molecule has 0 spiro atoms. The molecule has 2 aromatic carbocycles. The Hall–Kier alpha value is -1.78. The fourth-order valence-corrected chi connectivity index (χ4v) is 4.47. The molecule has 1 aliphatic heterocycles. The molecule has 1 amide bonds. The standard InChI is InChI=1S/C21H26N2OS/c1-21(2,3)25-18-11-7-5-9-16(18)14-23-13-12-15-8-4-6-10-17(15)19(23)20(22)24/h4-11,19H,12-14H2,1-3H3,(H2,22,24). The van der Waals surface area contributed by atoms with Crippen LogP contribution in [-0.2, 0) is 17.8 Å². The normalized spacial score (nSPS) is 18.0. The summed E-state index contributed by atoms with van der Waals surface area (Å²) in [5.41, 5.74) is 9.33. The van der Waals surface area contributed by atoms with E-state index in [2.05, 4.69) is 56.0 Å². The van der Waals surface area contributed by atoms with Crippen LogP contribution in [0.2, 0.25) is 0 Å². The van der Waals surface area contributed by atoms with Gasteiger partial charge in [0.25, 0.3) is 0 Å². The number of amides is 1. The first-order chi connectivity index (χ1) is 11.8. The molecule has 2 N–H and O–H groups in total. The van der Waals surface area contributed by atoms with E-state index in [9.17, 15) is 4.79 Å². The lowest BCUT2D eigenvalue weighted by molar-refractivity contribution is -0.124. The lowest BCUT2D eigenvalue weighted by Gasteiger charge is -2.36. The van der Waals surface area contributed by atoms with Crippen molar-refractivity contribution in [1.29, 1.82) is 0 Å². The van der Waals surface area contributed by atoms with Gasteiger partial charge in [-0.2, -0.15) is 0 Å². The molecule has 1 aliphatic rings. The van der Waals surface area contributed by atoms with Crippen LogP contribution in [0, 0.1) is 0 Å². The Morgan fingerprint density at radius 3 is 2.56 bits per heavy atom. The maximum absolute atomic E-state index is 12.2. The van der Waals surface area contributed by atoms with E-state index >= 15 is 0 Å². The number of rotatable bonds is 4. The Morgan fingerprint density at radius 1 is 1.16 bits per heavy atom. The van der Waals surface area contributed by atoms with Crippen molar-refractivity contribution in [3.63, 3.8) is 0 Å². The number of carbonyl (C=O) groups excluding carboxylic acids is 1. The van der Waals surface area contributed by atoms with E-state index in [1.807, 2.05) is 30.0 Å². The summed E-state index contributed by atoms with van der Waals surface area (Å²) in [6.45, 7) is 8.24. The van der Waals surface area contributed by atoms with Crippen LogP contribution in [0.1, 0.15) is 43.5 Å². The van der Waals surface area contributed by atoms with Crippen LogP contribution in [0.4, 0.5) is 0 Å². The molecule has 0 saturated carbocycles. The topological polar surface area (TPSA) is 46.3 Å². The number of hydrogen-bond donors (Lipinski definition) is 1. The molecule has 0 aliphatic carbocycles. The maximum atomic E-state index is 12.2. The Labute approximate surface area is 154 Å². The van der Waals surface area contributed by atoms with Gasteiger partial charge in [0.1, 0.15) is 6.04 Å². The van der Waals surface area contributed by atoms with Crippen molar-refractivity contribution < 1.29 is 4.79 Å². The van der Waals surface area contributed by atoms with Gasteiger partial charge in [-0.05, 0) is 29.2 Å². The molecule has 1 heterocycles. The molecule has 1 atom stereocenters. The first-order valence-electron chi connectivity index (χ1n) is 8.73. The molecule has 3 nitrogen and oxygen atoms in total. The number of hydrogen-bond acceptors (Lipinski definition) is 3. The summed E-state index contributed by atoms with van der Waals surface area (Å²) in [4.78, 5) is 15.7. The Balaban J connectivity index is 1.90. The Kier molecular flexibility index (Phi) is 5.21. The molecule has 0 bridgehead atoms. The minimum Gasteiger partial charge on any atom is -0.368 e. The highest BCUT2D eigenvalue weighted by Crippen LogP contribution is 2.36. The zero-order valence-electron chi connectivity index (χ0n) is 15.2. The lowest BCUT2D eigenvalue weighted by Crippen LogP contribution is -2.42. The van der Waals surface area contributed by atoms with E-state index in [0.717, 1.165) is 25.1 Å². The van der Waals surface area contributed by atoms with Crippen molar-refractivity contribution >= 4 is 17.7 Å². The Morgan fingerprint density at radius 2 is 1.84 bits per heavy atom. The first-order valence-corrected chi connectivity index (χ1v) is 9.55. The molecule has 25 heavy (non-hydrogen) atoms. The summed E-state index contributed by atoms with van der Waals surface area (Å²) >= 11 is 1.87. The van der Waals surface area contributed by atoms with Gasteiger partial charge in [-0.15, -0.1) is 11.8 Å². The number of fused-ring (bicyclic) bond motifs is 1. The maximum Gasteiger partial charge on any atom is 0.239 e. The quantitative estimate of drug-likeness (QED) is 0.839. The smallest absolute Gasteiger partial charge is 0.239 e. The number of benzene rings is 2. The molecule has 4 heteroatoms. The van der Waals surface area contributed by atoms with Crippen LogP contribution < -0.4 is 5.73 Å². The number of primary amides is 1. The van der Waals surface area contributed by atoms with Gasteiger partial charge in [0, 0.05) is 22.7 Å². The van der Waals surface area contributed by atoms with Gasteiger partial charge in [0.15, 0.2) is 0 Å². The van der Waals surface area contributed by atoms with E-state index in [0.29, 0.717) is 0 Å². The minimum atomic E-state index is -0.349. The number of carbonyl (C=O) groups is 1. The second-order valence-electron chi connectivity index (χ2n) is 7.55. The van der Waals surface area contributed by atoms with E-state index in [-0.39, 0.29) is 16.7 Å². The van der Waals surface area contributed by atoms with E-state index in [4.69, 9.17) is 5.73 Å². The van der Waals surface area contributed by atoms with Gasteiger partial charge in [-0.25, -0.2) is 0 Å². The predicted molar refractivity (Wildman–Crippen MR) is 105 cm³/mol. The molecular formula is C21H26N2OS. The lowest BCUT2D eigenvalue weighted by atomic mass is 9.92. The highest BCUT2D eigenvalue weighted by molar-refractivity contribution is 8.00. The molecule has 1 unspecified atom stereocenters. The molecule has 0 aromatic heterocycles. The van der Waals surface area contributed by atoms with Crippen LogP contribution >= 0.6 is 11.8 Å². The van der Waals surface area contributed by atoms with E-state index in [1.165, 1.54) is 16.0 Å². The SMILES string of the molecule is CC(C)(C)Sc1ccccc1CN1CCc2ccccc2C1C(N)=O. The second kappa shape index (κ2) is 7.22.